The van der Waals surface area contributed by atoms with Crippen molar-refractivity contribution in [2.75, 3.05) is 13.1 Å². The number of rotatable bonds is 4. The number of carbonyl (C=O) groups is 1. The van der Waals surface area contributed by atoms with Gasteiger partial charge in [-0.3, -0.25) is 9.69 Å². The number of carboxylic acids is 1. The Bertz CT molecular complexity index is 720. The van der Waals surface area contributed by atoms with Crippen molar-refractivity contribution in [3.05, 3.63) is 23.4 Å². The summed E-state index contributed by atoms with van der Waals surface area (Å²) in [5.74, 6) is 0.754. The van der Waals surface area contributed by atoms with E-state index >= 15 is 0 Å². The zero-order chi connectivity index (χ0) is 16.0. The van der Waals surface area contributed by atoms with E-state index in [1.807, 2.05) is 24.4 Å². The van der Waals surface area contributed by atoms with E-state index in [0.717, 1.165) is 30.7 Å². The molecule has 4 rings (SSSR count). The van der Waals surface area contributed by atoms with Gasteiger partial charge in [-0.05, 0) is 37.1 Å². The fraction of sp³-hybridized carbons (Fsp3) is 0.562. The van der Waals surface area contributed by atoms with Crippen molar-refractivity contribution < 1.29 is 14.4 Å². The van der Waals surface area contributed by atoms with Gasteiger partial charge in [-0.15, -0.1) is 23.7 Å². The summed E-state index contributed by atoms with van der Waals surface area (Å²) in [6.07, 6.45) is 2.79. The summed E-state index contributed by atoms with van der Waals surface area (Å²) in [6, 6.07) is 3.86. The van der Waals surface area contributed by atoms with Gasteiger partial charge in [0.1, 0.15) is 0 Å². The van der Waals surface area contributed by atoms with E-state index in [0.29, 0.717) is 18.3 Å². The zero-order valence-corrected chi connectivity index (χ0v) is 15.0. The van der Waals surface area contributed by atoms with Crippen LogP contribution >= 0.6 is 23.7 Å². The van der Waals surface area contributed by atoms with Crippen molar-refractivity contribution in [3.8, 4) is 10.7 Å². The van der Waals surface area contributed by atoms with Crippen molar-refractivity contribution in [2.24, 2.45) is 11.3 Å². The number of fused-ring (bicyclic) bond motifs is 1. The molecule has 2 fully saturated rings. The van der Waals surface area contributed by atoms with Gasteiger partial charge in [0.2, 0.25) is 11.7 Å². The van der Waals surface area contributed by atoms with Gasteiger partial charge in [-0.2, -0.15) is 4.98 Å². The van der Waals surface area contributed by atoms with E-state index in [2.05, 4.69) is 15.0 Å². The molecule has 6 nitrogen and oxygen atoms in total. The van der Waals surface area contributed by atoms with Crippen molar-refractivity contribution >= 4 is 29.7 Å². The van der Waals surface area contributed by atoms with Crippen LogP contribution in [0.25, 0.3) is 10.7 Å². The molecule has 1 aliphatic carbocycles. The van der Waals surface area contributed by atoms with Crippen LogP contribution in [0, 0.1) is 11.3 Å². The first-order valence-electron chi connectivity index (χ1n) is 7.95. The Hall–Kier alpha value is -1.44. The van der Waals surface area contributed by atoms with Crippen LogP contribution in [0.3, 0.4) is 0 Å². The van der Waals surface area contributed by atoms with E-state index in [4.69, 9.17) is 4.52 Å². The summed E-state index contributed by atoms with van der Waals surface area (Å²) in [5, 5.41) is 15.7. The molecule has 130 valence electrons. The van der Waals surface area contributed by atoms with Gasteiger partial charge in [-0.25, -0.2) is 0 Å². The minimum atomic E-state index is -0.653. The first-order valence-corrected chi connectivity index (χ1v) is 8.83. The maximum Gasteiger partial charge on any atom is 0.311 e. The molecular formula is C16H20ClN3O3S. The van der Waals surface area contributed by atoms with Crippen LogP contribution in [0.15, 0.2) is 22.0 Å². The molecule has 1 aliphatic heterocycles. The lowest BCUT2D eigenvalue weighted by molar-refractivity contribution is -0.149. The second-order valence-corrected chi connectivity index (χ2v) is 7.54. The smallest absolute Gasteiger partial charge is 0.311 e. The highest BCUT2D eigenvalue weighted by Crippen LogP contribution is 2.50. The highest BCUT2D eigenvalue weighted by Gasteiger charge is 2.55. The summed E-state index contributed by atoms with van der Waals surface area (Å²) >= 11 is 1.57. The number of hydrogen-bond donors (Lipinski definition) is 1. The van der Waals surface area contributed by atoms with Crippen LogP contribution in [0.1, 0.15) is 38.1 Å². The molecule has 0 spiro atoms. The fourth-order valence-corrected chi connectivity index (χ4v) is 4.69. The number of thiophene rings is 1. The molecule has 0 amide bonds. The summed E-state index contributed by atoms with van der Waals surface area (Å²) in [6.45, 7) is 3.39. The van der Waals surface area contributed by atoms with Crippen molar-refractivity contribution in [1.82, 2.24) is 15.0 Å². The molecule has 8 heteroatoms. The van der Waals surface area contributed by atoms with Crippen LogP contribution in [-0.4, -0.2) is 39.2 Å². The molecule has 24 heavy (non-hydrogen) atoms. The first kappa shape index (κ1) is 17.4. The van der Waals surface area contributed by atoms with Gasteiger partial charge in [0, 0.05) is 13.1 Å². The highest BCUT2D eigenvalue weighted by molar-refractivity contribution is 7.13. The van der Waals surface area contributed by atoms with Crippen LogP contribution < -0.4 is 0 Å². The first-order chi connectivity index (χ1) is 11.1. The van der Waals surface area contributed by atoms with Gasteiger partial charge in [-0.1, -0.05) is 17.6 Å². The molecule has 1 unspecified atom stereocenters. The number of carboxylic acid groups (broad SMARTS) is 1. The number of aliphatic carboxylic acids is 1. The minimum Gasteiger partial charge on any atom is -0.481 e. The molecule has 1 saturated carbocycles. The summed E-state index contributed by atoms with van der Waals surface area (Å²) in [4.78, 5) is 19.5. The fourth-order valence-electron chi connectivity index (χ4n) is 4.04. The third kappa shape index (κ3) is 2.64. The molecule has 0 bridgehead atoms. The molecule has 0 aromatic carbocycles. The van der Waals surface area contributed by atoms with E-state index < -0.39 is 11.4 Å². The standard InChI is InChI=1S/C16H19N3O3S.ClH/c1-10(14-17-13(18-22-14)12-5-3-7-23-12)19-8-11-4-2-6-16(11,9-19)15(20)21;/h3,5,7,10-11H,2,4,6,8-9H2,1H3,(H,20,21);1H/t10?,11-,16+;/m0./s1. The molecule has 2 aliphatic rings. The molecule has 1 saturated heterocycles. The van der Waals surface area contributed by atoms with Gasteiger partial charge in [0.25, 0.3) is 0 Å². The second kappa shape index (κ2) is 6.46. The van der Waals surface area contributed by atoms with Crippen molar-refractivity contribution in [1.29, 1.82) is 0 Å². The number of hydrogen-bond acceptors (Lipinski definition) is 6. The van der Waals surface area contributed by atoms with Gasteiger partial charge >= 0.3 is 5.97 Å². The Morgan fingerprint density at radius 3 is 3.08 bits per heavy atom. The Kier molecular flexibility index (Phi) is 4.68. The zero-order valence-electron chi connectivity index (χ0n) is 13.3. The maximum absolute atomic E-state index is 11.8. The maximum atomic E-state index is 11.8. The quantitative estimate of drug-likeness (QED) is 0.888. The van der Waals surface area contributed by atoms with Crippen molar-refractivity contribution in [2.45, 2.75) is 32.2 Å². The Morgan fingerprint density at radius 2 is 2.42 bits per heavy atom. The molecule has 2 aromatic rings. The van der Waals surface area contributed by atoms with Crippen molar-refractivity contribution in [3.63, 3.8) is 0 Å². The molecule has 0 radical (unpaired) electrons. The highest BCUT2D eigenvalue weighted by atomic mass is 35.5. The van der Waals surface area contributed by atoms with E-state index in [1.165, 1.54) is 0 Å². The lowest BCUT2D eigenvalue weighted by atomic mass is 9.81. The average molecular weight is 370 g/mol. The van der Waals surface area contributed by atoms with E-state index in [-0.39, 0.29) is 24.4 Å². The number of aromatic nitrogens is 2. The van der Waals surface area contributed by atoms with Gasteiger partial charge in [0.15, 0.2) is 0 Å². The lowest BCUT2D eigenvalue weighted by Crippen LogP contribution is -2.36. The number of halogens is 1. The second-order valence-electron chi connectivity index (χ2n) is 6.59. The van der Waals surface area contributed by atoms with Crippen LogP contribution in [0.4, 0.5) is 0 Å². The molecule has 2 aromatic heterocycles. The molecule has 3 atom stereocenters. The molecule has 1 N–H and O–H groups in total. The predicted octanol–water partition coefficient (Wildman–Crippen LogP) is 3.47. The lowest BCUT2D eigenvalue weighted by Gasteiger charge is -2.25. The van der Waals surface area contributed by atoms with Gasteiger partial charge < -0.3 is 9.63 Å². The Morgan fingerprint density at radius 1 is 1.58 bits per heavy atom. The number of nitrogens with zero attached hydrogens (tertiary/aromatic N) is 3. The largest absolute Gasteiger partial charge is 0.481 e. The third-order valence-electron chi connectivity index (χ3n) is 5.41. The SMILES string of the molecule is CC(c1nc(-c2cccs2)no1)N1C[C@@H]2CCC[C@@]2(C(=O)O)C1.Cl. The third-order valence-corrected chi connectivity index (χ3v) is 6.28. The average Bonchev–Trinajstić information content (AvgIpc) is 3.27. The van der Waals surface area contributed by atoms with E-state index in [1.54, 1.807) is 11.3 Å². The Labute approximate surface area is 150 Å². The van der Waals surface area contributed by atoms with Crippen LogP contribution in [-0.2, 0) is 4.79 Å². The van der Waals surface area contributed by atoms with Crippen LogP contribution in [0.2, 0.25) is 0 Å². The Balaban J connectivity index is 0.00000169. The monoisotopic (exact) mass is 369 g/mol. The molecule has 3 heterocycles. The summed E-state index contributed by atoms with van der Waals surface area (Å²) < 4.78 is 5.43. The van der Waals surface area contributed by atoms with E-state index in [9.17, 15) is 9.90 Å². The van der Waals surface area contributed by atoms with Gasteiger partial charge in [0.05, 0.1) is 16.3 Å². The summed E-state index contributed by atoms with van der Waals surface area (Å²) in [7, 11) is 0. The number of likely N-dealkylation sites (tertiary alicyclic amines) is 1. The summed E-state index contributed by atoms with van der Waals surface area (Å²) in [5.41, 5.74) is -0.579. The van der Waals surface area contributed by atoms with Crippen LogP contribution in [0.5, 0.6) is 0 Å². The minimum absolute atomic E-state index is 0. The predicted molar refractivity (Wildman–Crippen MR) is 92.3 cm³/mol. The normalized spacial score (nSPS) is 27.6. The molecular weight excluding hydrogens is 350 g/mol. The topological polar surface area (TPSA) is 79.5 Å².